The van der Waals surface area contributed by atoms with Crippen LogP contribution < -0.4 is 10.2 Å². The van der Waals surface area contributed by atoms with Gasteiger partial charge in [-0.05, 0) is 30.3 Å². The quantitative estimate of drug-likeness (QED) is 0.923. The number of nitrogens with zero attached hydrogens (tertiary/aromatic N) is 1. The molecule has 0 unspecified atom stereocenters. The van der Waals surface area contributed by atoms with Crippen molar-refractivity contribution in [3.63, 3.8) is 0 Å². The van der Waals surface area contributed by atoms with Crippen molar-refractivity contribution in [1.29, 1.82) is 0 Å². The molecule has 2 rings (SSSR count). The summed E-state index contributed by atoms with van der Waals surface area (Å²) in [6.07, 6.45) is 0. The smallest absolute Gasteiger partial charge is 0.246 e. The minimum absolute atomic E-state index is 0.0535. The van der Waals surface area contributed by atoms with E-state index in [-0.39, 0.29) is 12.5 Å². The Labute approximate surface area is 128 Å². The summed E-state index contributed by atoms with van der Waals surface area (Å²) < 4.78 is 0. The average molecular weight is 309 g/mol. The molecule has 1 amide bonds. The van der Waals surface area contributed by atoms with Gasteiger partial charge in [0.1, 0.15) is 0 Å². The third kappa shape index (κ3) is 3.65. The zero-order valence-corrected chi connectivity index (χ0v) is 12.4. The Kier molecular flexibility index (Phi) is 4.88. The van der Waals surface area contributed by atoms with E-state index in [4.69, 9.17) is 23.2 Å². The number of halogens is 2. The minimum atomic E-state index is -0.0535. The molecular weight excluding hydrogens is 295 g/mol. The first kappa shape index (κ1) is 14.7. The van der Waals surface area contributed by atoms with Crippen LogP contribution in [0.5, 0.6) is 0 Å². The number of benzene rings is 2. The third-order valence-corrected chi connectivity index (χ3v) is 3.43. The molecule has 20 heavy (non-hydrogen) atoms. The first-order valence-corrected chi connectivity index (χ1v) is 6.84. The molecule has 0 aliphatic carbocycles. The largest absolute Gasteiger partial charge is 0.375 e. The summed E-state index contributed by atoms with van der Waals surface area (Å²) in [6, 6.07) is 14.6. The van der Waals surface area contributed by atoms with Gasteiger partial charge in [-0.25, -0.2) is 0 Å². The number of anilines is 2. The van der Waals surface area contributed by atoms with Crippen LogP contribution in [0, 0.1) is 0 Å². The van der Waals surface area contributed by atoms with Gasteiger partial charge < -0.3 is 10.2 Å². The lowest BCUT2D eigenvalue weighted by Gasteiger charge is -2.18. The standard InChI is InChI=1S/C15H14Cl2N2O/c1-19(12-5-3-2-4-6-12)15(20)10-18-14-8-7-11(16)9-13(14)17/h2-9,18H,10H2,1H3. The van der Waals surface area contributed by atoms with Gasteiger partial charge in [-0.2, -0.15) is 0 Å². The Morgan fingerprint density at radius 3 is 2.50 bits per heavy atom. The van der Waals surface area contributed by atoms with Crippen LogP contribution in [0.2, 0.25) is 10.0 Å². The first-order chi connectivity index (χ1) is 9.58. The summed E-state index contributed by atoms with van der Waals surface area (Å²) in [6.45, 7) is 0.159. The molecule has 0 fully saturated rings. The average Bonchev–Trinajstić information content (AvgIpc) is 2.46. The summed E-state index contributed by atoms with van der Waals surface area (Å²) in [5, 5.41) is 4.07. The molecule has 104 valence electrons. The van der Waals surface area contributed by atoms with Crippen LogP contribution in [0.3, 0.4) is 0 Å². The summed E-state index contributed by atoms with van der Waals surface area (Å²) in [5.41, 5.74) is 1.53. The Morgan fingerprint density at radius 2 is 1.85 bits per heavy atom. The van der Waals surface area contributed by atoms with Gasteiger partial charge in [0.25, 0.3) is 0 Å². The van der Waals surface area contributed by atoms with Crippen molar-refractivity contribution in [2.24, 2.45) is 0 Å². The SMILES string of the molecule is CN(C(=O)CNc1ccc(Cl)cc1Cl)c1ccccc1. The van der Waals surface area contributed by atoms with Crippen LogP contribution in [0.25, 0.3) is 0 Å². The molecular formula is C15H14Cl2N2O. The summed E-state index contributed by atoms with van der Waals surface area (Å²) >= 11 is 11.9. The van der Waals surface area contributed by atoms with Crippen LogP contribution in [0.15, 0.2) is 48.5 Å². The second-order valence-corrected chi connectivity index (χ2v) is 5.11. The minimum Gasteiger partial charge on any atom is -0.375 e. The Balaban J connectivity index is 1.98. The second kappa shape index (κ2) is 6.64. The lowest BCUT2D eigenvalue weighted by Crippen LogP contribution is -2.32. The molecule has 0 spiro atoms. The van der Waals surface area contributed by atoms with Gasteiger partial charge in [0.2, 0.25) is 5.91 Å². The number of amides is 1. The molecule has 2 aromatic carbocycles. The summed E-state index contributed by atoms with van der Waals surface area (Å²) in [4.78, 5) is 13.7. The van der Waals surface area contributed by atoms with E-state index in [2.05, 4.69) is 5.32 Å². The molecule has 0 saturated carbocycles. The van der Waals surface area contributed by atoms with Crippen molar-refractivity contribution < 1.29 is 4.79 Å². The number of carbonyl (C=O) groups excluding carboxylic acids is 1. The molecule has 0 aromatic heterocycles. The highest BCUT2D eigenvalue weighted by Crippen LogP contribution is 2.25. The summed E-state index contributed by atoms with van der Waals surface area (Å²) in [5.74, 6) is -0.0535. The van der Waals surface area contributed by atoms with E-state index in [1.807, 2.05) is 30.3 Å². The fraction of sp³-hybridized carbons (Fsp3) is 0.133. The Hall–Kier alpha value is -1.71. The zero-order chi connectivity index (χ0) is 14.5. The highest BCUT2D eigenvalue weighted by molar-refractivity contribution is 6.36. The molecule has 1 N–H and O–H groups in total. The van der Waals surface area contributed by atoms with E-state index in [0.717, 1.165) is 5.69 Å². The molecule has 5 heteroatoms. The predicted molar refractivity (Wildman–Crippen MR) is 84.8 cm³/mol. The van der Waals surface area contributed by atoms with Crippen molar-refractivity contribution in [1.82, 2.24) is 0 Å². The van der Waals surface area contributed by atoms with Crippen molar-refractivity contribution >= 4 is 40.5 Å². The van der Waals surface area contributed by atoms with Crippen molar-refractivity contribution in [2.75, 3.05) is 23.8 Å². The van der Waals surface area contributed by atoms with Gasteiger partial charge in [0, 0.05) is 17.8 Å². The number of hydrogen-bond donors (Lipinski definition) is 1. The first-order valence-electron chi connectivity index (χ1n) is 6.08. The lowest BCUT2D eigenvalue weighted by molar-refractivity contribution is -0.116. The topological polar surface area (TPSA) is 32.3 Å². The van der Waals surface area contributed by atoms with Gasteiger partial charge >= 0.3 is 0 Å². The molecule has 3 nitrogen and oxygen atoms in total. The number of hydrogen-bond acceptors (Lipinski definition) is 2. The molecule has 0 aliphatic heterocycles. The van der Waals surface area contributed by atoms with Gasteiger partial charge in [-0.1, -0.05) is 41.4 Å². The number of nitrogens with one attached hydrogen (secondary N) is 1. The van der Waals surface area contributed by atoms with Crippen molar-refractivity contribution in [3.05, 3.63) is 58.6 Å². The lowest BCUT2D eigenvalue weighted by atomic mass is 10.3. The maximum Gasteiger partial charge on any atom is 0.246 e. The van der Waals surface area contributed by atoms with Gasteiger partial charge in [-0.15, -0.1) is 0 Å². The van der Waals surface area contributed by atoms with Crippen molar-refractivity contribution in [3.8, 4) is 0 Å². The molecule has 0 atom stereocenters. The number of para-hydroxylation sites is 1. The van der Waals surface area contributed by atoms with Gasteiger partial charge in [0.05, 0.1) is 17.3 Å². The molecule has 0 bridgehead atoms. The maximum absolute atomic E-state index is 12.1. The normalized spacial score (nSPS) is 10.2. The molecule has 0 saturated heterocycles. The Bertz CT molecular complexity index is 602. The molecule has 2 aromatic rings. The van der Waals surface area contributed by atoms with E-state index in [0.29, 0.717) is 15.7 Å². The molecule has 0 heterocycles. The highest BCUT2D eigenvalue weighted by Gasteiger charge is 2.11. The number of rotatable bonds is 4. The zero-order valence-electron chi connectivity index (χ0n) is 10.9. The fourth-order valence-corrected chi connectivity index (χ4v) is 2.19. The van der Waals surface area contributed by atoms with Crippen LogP contribution in [-0.2, 0) is 4.79 Å². The second-order valence-electron chi connectivity index (χ2n) is 4.27. The van der Waals surface area contributed by atoms with Gasteiger partial charge in [0.15, 0.2) is 0 Å². The number of likely N-dealkylation sites (N-methyl/N-ethyl adjacent to an activating group) is 1. The van der Waals surface area contributed by atoms with Crippen LogP contribution in [0.4, 0.5) is 11.4 Å². The predicted octanol–water partition coefficient (Wildman–Crippen LogP) is 4.07. The van der Waals surface area contributed by atoms with E-state index in [1.54, 1.807) is 30.1 Å². The van der Waals surface area contributed by atoms with Crippen LogP contribution >= 0.6 is 23.2 Å². The monoisotopic (exact) mass is 308 g/mol. The van der Waals surface area contributed by atoms with E-state index >= 15 is 0 Å². The van der Waals surface area contributed by atoms with Gasteiger partial charge in [-0.3, -0.25) is 4.79 Å². The van der Waals surface area contributed by atoms with E-state index < -0.39 is 0 Å². The maximum atomic E-state index is 12.1. The third-order valence-electron chi connectivity index (χ3n) is 2.88. The van der Waals surface area contributed by atoms with Crippen LogP contribution in [-0.4, -0.2) is 19.5 Å². The highest BCUT2D eigenvalue weighted by atomic mass is 35.5. The van der Waals surface area contributed by atoms with E-state index in [9.17, 15) is 4.79 Å². The van der Waals surface area contributed by atoms with E-state index in [1.165, 1.54) is 0 Å². The fourth-order valence-electron chi connectivity index (χ4n) is 1.72. The molecule has 0 aliphatic rings. The summed E-state index contributed by atoms with van der Waals surface area (Å²) in [7, 11) is 1.74. The molecule has 0 radical (unpaired) electrons. The van der Waals surface area contributed by atoms with Crippen molar-refractivity contribution in [2.45, 2.75) is 0 Å². The Morgan fingerprint density at radius 1 is 1.15 bits per heavy atom. The number of carbonyl (C=O) groups is 1. The van der Waals surface area contributed by atoms with Crippen LogP contribution in [0.1, 0.15) is 0 Å².